The molecule has 1 amide bonds. The molecule has 0 unspecified atom stereocenters. The van der Waals surface area contributed by atoms with Gasteiger partial charge in [0, 0.05) is 10.7 Å². The Hall–Kier alpha value is -3.66. The topological polar surface area (TPSA) is 85.8 Å². The Balaban J connectivity index is 1.55. The van der Waals surface area contributed by atoms with E-state index in [1.165, 1.54) is 31.2 Å². The Morgan fingerprint density at radius 2 is 1.81 bits per heavy atom. The molecule has 7 nitrogen and oxygen atoms in total. The predicted octanol–water partition coefficient (Wildman–Crippen LogP) is 5.08. The number of amides is 1. The summed E-state index contributed by atoms with van der Waals surface area (Å²) in [5.74, 6) is -0.337. The zero-order valence-electron chi connectivity index (χ0n) is 16.5. The van der Waals surface area contributed by atoms with E-state index in [1.807, 2.05) is 0 Å². The summed E-state index contributed by atoms with van der Waals surface area (Å²) in [6.07, 6.45) is -3.57. The highest BCUT2D eigenvalue weighted by atomic mass is 35.5. The van der Waals surface area contributed by atoms with Crippen LogP contribution in [0, 0.1) is 6.92 Å². The predicted molar refractivity (Wildman–Crippen MR) is 110 cm³/mol. The van der Waals surface area contributed by atoms with Crippen LogP contribution in [-0.2, 0) is 17.4 Å². The Morgan fingerprint density at radius 3 is 2.41 bits per heavy atom. The number of aromatic nitrogens is 4. The summed E-state index contributed by atoms with van der Waals surface area (Å²) in [6.45, 7) is 1.50. The Labute approximate surface area is 184 Å². The van der Waals surface area contributed by atoms with Gasteiger partial charge in [-0.25, -0.2) is 4.68 Å². The molecule has 4 rings (SSSR count). The number of nitrogens with zero attached hydrogens (tertiary/aromatic N) is 4. The maximum atomic E-state index is 13.8. The van der Waals surface area contributed by atoms with Gasteiger partial charge in [0.15, 0.2) is 11.5 Å². The van der Waals surface area contributed by atoms with Crippen molar-refractivity contribution in [2.75, 3.05) is 5.32 Å². The van der Waals surface area contributed by atoms with Crippen molar-refractivity contribution in [3.8, 4) is 17.1 Å². The monoisotopic (exact) mass is 461 g/mol. The van der Waals surface area contributed by atoms with Crippen molar-refractivity contribution in [3.05, 3.63) is 76.8 Å². The van der Waals surface area contributed by atoms with Crippen molar-refractivity contribution in [1.29, 1.82) is 0 Å². The van der Waals surface area contributed by atoms with Gasteiger partial charge in [-0.05, 0) is 48.9 Å². The van der Waals surface area contributed by atoms with E-state index in [0.29, 0.717) is 10.7 Å². The molecule has 164 valence electrons. The van der Waals surface area contributed by atoms with E-state index < -0.39 is 11.9 Å². The minimum absolute atomic E-state index is 0.128. The van der Waals surface area contributed by atoms with Crippen LogP contribution in [-0.4, -0.2) is 25.8 Å². The van der Waals surface area contributed by atoms with Gasteiger partial charge in [-0.2, -0.15) is 23.3 Å². The van der Waals surface area contributed by atoms with Crippen molar-refractivity contribution in [2.24, 2.45) is 0 Å². The molecule has 0 fully saturated rings. The minimum atomic E-state index is -4.72. The highest BCUT2D eigenvalue weighted by molar-refractivity contribution is 6.30. The number of hydrogen-bond acceptors (Lipinski definition) is 5. The van der Waals surface area contributed by atoms with Crippen LogP contribution in [0.25, 0.3) is 17.1 Å². The number of carbonyl (C=O) groups is 1. The van der Waals surface area contributed by atoms with Crippen LogP contribution in [0.5, 0.6) is 0 Å². The quantitative estimate of drug-likeness (QED) is 0.447. The van der Waals surface area contributed by atoms with Crippen LogP contribution in [0.15, 0.2) is 59.3 Å². The summed E-state index contributed by atoms with van der Waals surface area (Å²) in [5.41, 5.74) is -0.00511. The van der Waals surface area contributed by atoms with E-state index >= 15 is 0 Å². The third-order valence-electron chi connectivity index (χ3n) is 4.47. The van der Waals surface area contributed by atoms with Gasteiger partial charge >= 0.3 is 6.18 Å². The second-order valence-electron chi connectivity index (χ2n) is 6.86. The summed E-state index contributed by atoms with van der Waals surface area (Å²) in [5, 5.41) is 10.7. The Morgan fingerprint density at radius 1 is 1.12 bits per heavy atom. The highest BCUT2D eigenvalue weighted by Crippen LogP contribution is 2.38. The molecule has 2 aromatic carbocycles. The van der Waals surface area contributed by atoms with E-state index in [0.717, 1.165) is 16.4 Å². The average Bonchev–Trinajstić information content (AvgIpc) is 3.36. The molecule has 11 heteroatoms. The largest absolute Gasteiger partial charge is 0.434 e. The van der Waals surface area contributed by atoms with Gasteiger partial charge < -0.3 is 9.84 Å². The summed E-state index contributed by atoms with van der Waals surface area (Å²) in [4.78, 5) is 16.1. The summed E-state index contributed by atoms with van der Waals surface area (Å²) < 4.78 is 47.0. The third kappa shape index (κ3) is 4.65. The van der Waals surface area contributed by atoms with Gasteiger partial charge in [-0.1, -0.05) is 28.9 Å². The molecule has 2 heterocycles. The summed E-state index contributed by atoms with van der Waals surface area (Å²) >= 11 is 5.83. The minimum Gasteiger partial charge on any atom is -0.334 e. The van der Waals surface area contributed by atoms with Gasteiger partial charge in [0.25, 0.3) is 5.89 Å². The molecule has 0 spiro atoms. The number of rotatable bonds is 5. The first-order valence-electron chi connectivity index (χ1n) is 9.31. The number of carbonyl (C=O) groups excluding carboxylic acids is 1. The number of aryl methyl sites for hydroxylation is 1. The maximum absolute atomic E-state index is 13.8. The number of hydrogen-bond donors (Lipinski definition) is 1. The van der Waals surface area contributed by atoms with Gasteiger partial charge in [0.1, 0.15) is 0 Å². The van der Waals surface area contributed by atoms with E-state index in [4.69, 9.17) is 16.1 Å². The van der Waals surface area contributed by atoms with Gasteiger partial charge in [0.05, 0.1) is 23.9 Å². The smallest absolute Gasteiger partial charge is 0.334 e. The lowest BCUT2D eigenvalue weighted by molar-refractivity contribution is -0.142. The van der Waals surface area contributed by atoms with Crippen LogP contribution in [0.2, 0.25) is 5.02 Å². The molecular formula is C21H15ClF3N5O2. The van der Waals surface area contributed by atoms with Gasteiger partial charge in [-0.15, -0.1) is 0 Å². The normalized spacial score (nSPS) is 11.5. The third-order valence-corrected chi connectivity index (χ3v) is 4.72. The van der Waals surface area contributed by atoms with Crippen molar-refractivity contribution >= 4 is 23.2 Å². The van der Waals surface area contributed by atoms with Crippen LogP contribution in [0.4, 0.5) is 18.9 Å². The van der Waals surface area contributed by atoms with Crippen molar-refractivity contribution in [2.45, 2.75) is 19.5 Å². The summed E-state index contributed by atoms with van der Waals surface area (Å²) in [6, 6.07) is 12.7. The molecule has 2 aromatic heterocycles. The molecule has 0 bridgehead atoms. The lowest BCUT2D eigenvalue weighted by Gasteiger charge is -2.12. The van der Waals surface area contributed by atoms with Crippen LogP contribution in [0.3, 0.4) is 0 Å². The molecular weight excluding hydrogens is 447 g/mol. The van der Waals surface area contributed by atoms with Crippen LogP contribution < -0.4 is 5.32 Å². The number of alkyl halides is 3. The Kier molecular flexibility index (Phi) is 5.70. The molecule has 0 radical (unpaired) electrons. The number of benzene rings is 2. The molecule has 0 aliphatic carbocycles. The lowest BCUT2D eigenvalue weighted by atomic mass is 10.1. The number of anilines is 1. The molecule has 0 atom stereocenters. The zero-order valence-corrected chi connectivity index (χ0v) is 17.3. The van der Waals surface area contributed by atoms with Crippen molar-refractivity contribution in [1.82, 2.24) is 19.9 Å². The first-order chi connectivity index (χ1) is 15.2. The first kappa shape index (κ1) is 21.6. The van der Waals surface area contributed by atoms with Crippen LogP contribution >= 0.6 is 11.6 Å². The van der Waals surface area contributed by atoms with E-state index in [-0.39, 0.29) is 35.3 Å². The fraction of sp³-hybridized carbons (Fsp3) is 0.143. The molecule has 32 heavy (non-hydrogen) atoms. The average molecular weight is 462 g/mol. The summed E-state index contributed by atoms with van der Waals surface area (Å²) in [7, 11) is 0. The van der Waals surface area contributed by atoms with Crippen molar-refractivity contribution < 1.29 is 22.5 Å². The zero-order chi connectivity index (χ0) is 22.9. The fourth-order valence-corrected chi connectivity index (χ4v) is 3.18. The van der Waals surface area contributed by atoms with E-state index in [2.05, 4.69) is 20.6 Å². The van der Waals surface area contributed by atoms with Gasteiger partial charge in [0.2, 0.25) is 5.91 Å². The fourth-order valence-electron chi connectivity index (χ4n) is 3.06. The van der Waals surface area contributed by atoms with E-state index in [1.54, 1.807) is 24.3 Å². The standard InChI is InChI=1S/C21H15ClF3N5O2/c1-12-27-20(32-29-12)17-11-26-30(19(17)21(23,24)25)16-8-6-15(7-9-16)28-18(31)10-13-2-4-14(22)5-3-13/h2-9,11H,10H2,1H3,(H,28,31). The highest BCUT2D eigenvalue weighted by Gasteiger charge is 2.40. The molecule has 0 aliphatic heterocycles. The lowest BCUT2D eigenvalue weighted by Crippen LogP contribution is -2.15. The first-order valence-corrected chi connectivity index (χ1v) is 9.69. The van der Waals surface area contributed by atoms with Crippen molar-refractivity contribution in [3.63, 3.8) is 0 Å². The Bertz CT molecular complexity index is 1250. The molecule has 0 saturated carbocycles. The molecule has 0 saturated heterocycles. The SMILES string of the molecule is Cc1noc(-c2cnn(-c3ccc(NC(=O)Cc4ccc(Cl)cc4)cc3)c2C(F)(F)F)n1. The number of nitrogens with one attached hydrogen (secondary N) is 1. The molecule has 0 aliphatic rings. The van der Waals surface area contributed by atoms with Gasteiger partial charge in [-0.3, -0.25) is 4.79 Å². The second-order valence-corrected chi connectivity index (χ2v) is 7.30. The maximum Gasteiger partial charge on any atom is 0.434 e. The van der Waals surface area contributed by atoms with Crippen LogP contribution in [0.1, 0.15) is 17.1 Å². The molecule has 1 N–H and O–H groups in total. The van der Waals surface area contributed by atoms with E-state index in [9.17, 15) is 18.0 Å². The second kappa shape index (κ2) is 8.46. The number of halogens is 4. The molecule has 4 aromatic rings.